The summed E-state index contributed by atoms with van der Waals surface area (Å²) in [6.45, 7) is 1.96. The van der Waals surface area contributed by atoms with E-state index in [1.165, 1.54) is 18.6 Å². The Morgan fingerprint density at radius 2 is 1.71 bits per heavy atom. The third-order valence-corrected chi connectivity index (χ3v) is 6.95. The number of alkyl halides is 3. The fourth-order valence-electron chi connectivity index (χ4n) is 4.91. The van der Waals surface area contributed by atoms with Gasteiger partial charge >= 0.3 is 12.1 Å². The van der Waals surface area contributed by atoms with Gasteiger partial charge in [0.15, 0.2) is 0 Å². The van der Waals surface area contributed by atoms with Crippen LogP contribution >= 0.6 is 0 Å². The largest absolute Gasteiger partial charge is 0.481 e. The second-order valence-electron chi connectivity index (χ2n) is 9.66. The lowest BCUT2D eigenvalue weighted by Gasteiger charge is -2.31. The summed E-state index contributed by atoms with van der Waals surface area (Å²) in [5.41, 5.74) is 2.87. The highest BCUT2D eigenvalue weighted by molar-refractivity contribution is 5.94. The summed E-state index contributed by atoms with van der Waals surface area (Å²) in [5.74, 6) is -0.961. The maximum atomic E-state index is 13.0. The molecule has 0 saturated heterocycles. The molecule has 4 rings (SSSR count). The number of carbonyl (C=O) groups is 2. The molecular weight excluding hydrogens is 497 g/mol. The molecule has 1 unspecified atom stereocenters. The van der Waals surface area contributed by atoms with E-state index in [0.717, 1.165) is 54.8 Å². The van der Waals surface area contributed by atoms with Crippen molar-refractivity contribution in [1.29, 1.82) is 0 Å². The van der Waals surface area contributed by atoms with Crippen LogP contribution in [0, 0.1) is 12.8 Å². The van der Waals surface area contributed by atoms with Gasteiger partial charge in [-0.1, -0.05) is 19.3 Å². The molecule has 2 aromatic carbocycles. The van der Waals surface area contributed by atoms with Crippen molar-refractivity contribution in [2.24, 2.45) is 5.92 Å². The van der Waals surface area contributed by atoms with Gasteiger partial charge in [0, 0.05) is 29.6 Å². The molecule has 202 valence electrons. The van der Waals surface area contributed by atoms with Crippen molar-refractivity contribution in [2.75, 3.05) is 11.9 Å². The van der Waals surface area contributed by atoms with Gasteiger partial charge < -0.3 is 15.7 Å². The molecule has 1 amide bonds. The number of hydrogen-bond donors (Lipinski definition) is 3. The van der Waals surface area contributed by atoms with Gasteiger partial charge in [0.05, 0.1) is 29.4 Å². The van der Waals surface area contributed by atoms with Crippen molar-refractivity contribution in [3.05, 3.63) is 77.1 Å². The lowest BCUT2D eigenvalue weighted by Crippen LogP contribution is -2.26. The molecule has 38 heavy (non-hydrogen) atoms. The summed E-state index contributed by atoms with van der Waals surface area (Å²) in [6, 6.07) is 11.9. The highest BCUT2D eigenvalue weighted by atomic mass is 19.4. The van der Waals surface area contributed by atoms with E-state index in [1.54, 1.807) is 16.8 Å². The number of aryl methyl sites for hydroxylation is 1. The molecular formula is C28H31F3N4O3. The van der Waals surface area contributed by atoms with E-state index < -0.39 is 17.7 Å². The Hall–Kier alpha value is -3.82. The maximum Gasteiger partial charge on any atom is 0.416 e. The first-order chi connectivity index (χ1) is 18.1. The van der Waals surface area contributed by atoms with Gasteiger partial charge in [-0.15, -0.1) is 0 Å². The van der Waals surface area contributed by atoms with Crippen molar-refractivity contribution in [2.45, 2.75) is 57.7 Å². The molecule has 3 aromatic rings. The minimum absolute atomic E-state index is 0.0557. The van der Waals surface area contributed by atoms with E-state index in [2.05, 4.69) is 15.7 Å². The molecule has 1 aliphatic rings. The SMILES string of the molecule is Cc1nn(-c2ccc(C(F)(F)F)cc2)cc1C(Nc1ccc(C(=O)NCCC(=O)O)cc1)C1CCCCC1. The van der Waals surface area contributed by atoms with Crippen LogP contribution in [0.25, 0.3) is 5.69 Å². The number of carboxylic acids is 1. The number of benzene rings is 2. The molecule has 1 saturated carbocycles. The van der Waals surface area contributed by atoms with Crippen LogP contribution in [0.5, 0.6) is 0 Å². The number of halogens is 3. The summed E-state index contributed by atoms with van der Waals surface area (Å²) in [7, 11) is 0. The zero-order chi connectivity index (χ0) is 27.3. The summed E-state index contributed by atoms with van der Waals surface area (Å²) >= 11 is 0. The standard InChI is InChI=1S/C28H31F3N4O3/c1-18-24(17-35(34-18)23-13-9-21(10-14-23)28(29,30)31)26(19-5-3-2-4-6-19)33-22-11-7-20(8-12-22)27(38)32-16-15-25(36)37/h7-14,17,19,26,33H,2-6,15-16H2,1H3,(H,32,38)(H,36,37). The lowest BCUT2D eigenvalue weighted by molar-refractivity contribution is -0.138. The number of rotatable bonds is 9. The van der Waals surface area contributed by atoms with E-state index in [9.17, 15) is 22.8 Å². The summed E-state index contributed by atoms with van der Waals surface area (Å²) in [4.78, 5) is 22.9. The Balaban J connectivity index is 1.54. The van der Waals surface area contributed by atoms with E-state index in [4.69, 9.17) is 5.11 Å². The summed E-state index contributed by atoms with van der Waals surface area (Å²) in [6.07, 6.45) is 2.89. The Kier molecular flexibility index (Phi) is 8.38. The Labute approximate surface area is 219 Å². The molecule has 1 heterocycles. The van der Waals surface area contributed by atoms with Crippen LogP contribution in [0.4, 0.5) is 18.9 Å². The molecule has 1 aromatic heterocycles. The summed E-state index contributed by atoms with van der Waals surface area (Å²) < 4.78 is 40.6. The molecule has 0 spiro atoms. The third kappa shape index (κ3) is 6.73. The van der Waals surface area contributed by atoms with Gasteiger partial charge in [-0.3, -0.25) is 9.59 Å². The van der Waals surface area contributed by atoms with Crippen molar-refractivity contribution in [1.82, 2.24) is 15.1 Å². The molecule has 1 aliphatic carbocycles. The number of amides is 1. The van der Waals surface area contributed by atoms with E-state index in [0.29, 0.717) is 17.2 Å². The zero-order valence-electron chi connectivity index (χ0n) is 21.1. The second kappa shape index (κ2) is 11.7. The van der Waals surface area contributed by atoms with Gasteiger partial charge in [0.2, 0.25) is 0 Å². The molecule has 0 aliphatic heterocycles. The quantitative estimate of drug-likeness (QED) is 0.310. The minimum atomic E-state index is -4.39. The van der Waals surface area contributed by atoms with Crippen LogP contribution in [0.2, 0.25) is 0 Å². The first-order valence-corrected chi connectivity index (χ1v) is 12.7. The van der Waals surface area contributed by atoms with E-state index in [1.807, 2.05) is 25.3 Å². The first-order valence-electron chi connectivity index (χ1n) is 12.7. The molecule has 1 atom stereocenters. The molecule has 7 nitrogen and oxygen atoms in total. The van der Waals surface area contributed by atoms with Gasteiger partial charge in [-0.05, 0) is 74.2 Å². The Morgan fingerprint density at radius 1 is 1.05 bits per heavy atom. The maximum absolute atomic E-state index is 13.0. The number of carbonyl (C=O) groups excluding carboxylic acids is 1. The fraction of sp³-hybridized carbons (Fsp3) is 0.393. The number of aromatic nitrogens is 2. The average molecular weight is 529 g/mol. The number of carboxylic acid groups (broad SMARTS) is 1. The van der Waals surface area contributed by atoms with E-state index >= 15 is 0 Å². The van der Waals surface area contributed by atoms with Crippen molar-refractivity contribution in [3.8, 4) is 5.69 Å². The Morgan fingerprint density at radius 3 is 2.32 bits per heavy atom. The van der Waals surface area contributed by atoms with Gasteiger partial charge in [0.1, 0.15) is 0 Å². The number of nitrogens with zero attached hydrogens (tertiary/aromatic N) is 2. The zero-order valence-corrected chi connectivity index (χ0v) is 21.1. The van der Waals surface area contributed by atoms with Crippen molar-refractivity contribution in [3.63, 3.8) is 0 Å². The van der Waals surface area contributed by atoms with Crippen LogP contribution in [0.1, 0.15) is 71.7 Å². The van der Waals surface area contributed by atoms with Gasteiger partial charge in [-0.25, -0.2) is 4.68 Å². The minimum Gasteiger partial charge on any atom is -0.481 e. The number of aliphatic carboxylic acids is 1. The predicted molar refractivity (Wildman–Crippen MR) is 137 cm³/mol. The number of nitrogens with one attached hydrogen (secondary N) is 2. The normalized spacial score (nSPS) is 15.2. The monoisotopic (exact) mass is 528 g/mol. The number of anilines is 1. The molecule has 10 heteroatoms. The second-order valence-corrected chi connectivity index (χ2v) is 9.66. The van der Waals surface area contributed by atoms with Crippen molar-refractivity contribution >= 4 is 17.6 Å². The van der Waals surface area contributed by atoms with Gasteiger partial charge in [-0.2, -0.15) is 18.3 Å². The molecule has 0 bridgehead atoms. The van der Waals surface area contributed by atoms with E-state index in [-0.39, 0.29) is 24.9 Å². The van der Waals surface area contributed by atoms with Gasteiger partial charge in [0.25, 0.3) is 5.91 Å². The highest BCUT2D eigenvalue weighted by Gasteiger charge is 2.31. The fourth-order valence-corrected chi connectivity index (χ4v) is 4.91. The predicted octanol–water partition coefficient (Wildman–Crippen LogP) is 6.14. The van der Waals surface area contributed by atoms with Crippen LogP contribution in [0.15, 0.2) is 54.7 Å². The van der Waals surface area contributed by atoms with Crippen LogP contribution < -0.4 is 10.6 Å². The van der Waals surface area contributed by atoms with Crippen molar-refractivity contribution < 1.29 is 27.9 Å². The van der Waals surface area contributed by atoms with Crippen LogP contribution in [-0.4, -0.2) is 33.3 Å². The smallest absolute Gasteiger partial charge is 0.416 e. The summed E-state index contributed by atoms with van der Waals surface area (Å²) in [5, 5.41) is 19.6. The molecule has 1 fully saturated rings. The first kappa shape index (κ1) is 27.2. The third-order valence-electron chi connectivity index (χ3n) is 6.95. The molecule has 3 N–H and O–H groups in total. The highest BCUT2D eigenvalue weighted by Crippen LogP contribution is 2.38. The number of hydrogen-bond acceptors (Lipinski definition) is 4. The topological polar surface area (TPSA) is 96.3 Å². The van der Waals surface area contributed by atoms with Crippen LogP contribution in [0.3, 0.4) is 0 Å². The molecule has 0 radical (unpaired) electrons. The van der Waals surface area contributed by atoms with Crippen LogP contribution in [-0.2, 0) is 11.0 Å². The average Bonchev–Trinajstić information content (AvgIpc) is 3.28. The Bertz CT molecular complexity index is 1250. The lowest BCUT2D eigenvalue weighted by atomic mass is 9.81.